The van der Waals surface area contributed by atoms with E-state index in [0.29, 0.717) is 50.0 Å². The number of phenolic OH excluding ortho intramolecular Hbond substituents is 2. The second-order valence-electron chi connectivity index (χ2n) is 12.5. The smallest absolute Gasteiger partial charge is 0.160 e. The summed E-state index contributed by atoms with van der Waals surface area (Å²) < 4.78 is 10.7. The normalized spacial score (nSPS) is 13.2. The fourth-order valence-corrected chi connectivity index (χ4v) is 6.65. The summed E-state index contributed by atoms with van der Waals surface area (Å²) in [5.74, 6) is -0.0464. The van der Waals surface area contributed by atoms with Gasteiger partial charge in [-0.05, 0) is 113 Å². The number of aryl methyl sites for hydroxylation is 1. The number of ketones is 1. The maximum Gasteiger partial charge on any atom is 0.160 e. The highest BCUT2D eigenvalue weighted by molar-refractivity contribution is 5.87. The van der Waals surface area contributed by atoms with Crippen LogP contribution in [0.4, 0.5) is 0 Å². The van der Waals surface area contributed by atoms with E-state index < -0.39 is 12.0 Å². The zero-order valence-electron chi connectivity index (χ0n) is 27.6. The van der Waals surface area contributed by atoms with Crippen LogP contribution in [0.25, 0.3) is 10.8 Å². The molecule has 0 radical (unpaired) electrons. The van der Waals surface area contributed by atoms with Gasteiger partial charge < -0.3 is 34.9 Å². The fourth-order valence-electron chi connectivity index (χ4n) is 6.65. The molecule has 8 nitrogen and oxygen atoms in total. The van der Waals surface area contributed by atoms with Crippen LogP contribution in [-0.2, 0) is 36.9 Å². The molecule has 3 atom stereocenters. The van der Waals surface area contributed by atoms with Gasteiger partial charge in [-0.3, -0.25) is 4.79 Å². The molecule has 0 saturated carbocycles. The topological polar surface area (TPSA) is 132 Å². The van der Waals surface area contributed by atoms with Crippen LogP contribution in [-0.4, -0.2) is 58.1 Å². The molecule has 1 heterocycles. The number of carbonyl (C=O) groups is 1. The molecule has 48 heavy (non-hydrogen) atoms. The number of nitrogens with one attached hydrogen (secondary N) is 1. The average Bonchev–Trinajstić information content (AvgIpc) is 3.61. The molecule has 5 aromatic rings. The Morgan fingerprint density at radius 2 is 1.46 bits per heavy atom. The van der Waals surface area contributed by atoms with Gasteiger partial charge in [0.2, 0.25) is 0 Å². The minimum Gasteiger partial charge on any atom is -0.504 e. The van der Waals surface area contributed by atoms with Crippen molar-refractivity contribution in [3.05, 3.63) is 119 Å². The summed E-state index contributed by atoms with van der Waals surface area (Å²) >= 11 is 0. The number of aliphatic hydroxyl groups is 2. The van der Waals surface area contributed by atoms with Crippen molar-refractivity contribution in [3.63, 3.8) is 0 Å². The number of carbonyl (C=O) groups excluding carboxylic acids is 1. The number of benzene rings is 4. The van der Waals surface area contributed by atoms with E-state index >= 15 is 0 Å². The Bertz CT molecular complexity index is 1800. The summed E-state index contributed by atoms with van der Waals surface area (Å²) in [5.41, 5.74) is 4.91. The number of methoxy groups -OCH3 is 2. The fraction of sp³-hybridized carbons (Fsp3) is 0.325. The van der Waals surface area contributed by atoms with Crippen LogP contribution >= 0.6 is 0 Å². The lowest BCUT2D eigenvalue weighted by Gasteiger charge is -2.25. The maximum absolute atomic E-state index is 14.3. The number of hydrogen-bond acceptors (Lipinski definition) is 7. The van der Waals surface area contributed by atoms with E-state index in [1.165, 1.54) is 14.2 Å². The zero-order valence-corrected chi connectivity index (χ0v) is 27.6. The first-order chi connectivity index (χ1) is 23.3. The summed E-state index contributed by atoms with van der Waals surface area (Å²) in [6.45, 7) is 0.0694. The first-order valence-corrected chi connectivity index (χ1v) is 16.4. The summed E-state index contributed by atoms with van der Waals surface area (Å²) in [7, 11) is 2.99. The van der Waals surface area contributed by atoms with Crippen molar-refractivity contribution in [1.29, 1.82) is 0 Å². The number of aliphatic hydroxyl groups excluding tert-OH is 2. The molecule has 252 valence electrons. The van der Waals surface area contributed by atoms with E-state index in [-0.39, 0.29) is 36.2 Å². The lowest BCUT2D eigenvalue weighted by molar-refractivity contribution is -0.125. The van der Waals surface area contributed by atoms with Gasteiger partial charge in [0, 0.05) is 31.3 Å². The Kier molecular flexibility index (Phi) is 11.8. The quantitative estimate of drug-likeness (QED) is 0.0792. The highest BCUT2D eigenvalue weighted by atomic mass is 16.5. The first-order valence-electron chi connectivity index (χ1n) is 16.4. The van der Waals surface area contributed by atoms with Crippen LogP contribution in [0.2, 0.25) is 0 Å². The van der Waals surface area contributed by atoms with Gasteiger partial charge in [0.25, 0.3) is 0 Å². The summed E-state index contributed by atoms with van der Waals surface area (Å²) in [5, 5.41) is 44.0. The lowest BCUT2D eigenvalue weighted by Crippen LogP contribution is -2.31. The van der Waals surface area contributed by atoms with Gasteiger partial charge in [0.1, 0.15) is 5.78 Å². The summed E-state index contributed by atoms with van der Waals surface area (Å²) in [4.78, 5) is 17.4. The van der Waals surface area contributed by atoms with Gasteiger partial charge in [0.05, 0.1) is 20.3 Å². The van der Waals surface area contributed by atoms with Crippen LogP contribution in [0.1, 0.15) is 40.7 Å². The van der Waals surface area contributed by atoms with Crippen molar-refractivity contribution in [2.45, 2.75) is 51.0 Å². The Morgan fingerprint density at radius 1 is 0.792 bits per heavy atom. The molecule has 0 spiro atoms. The maximum atomic E-state index is 14.3. The molecular formula is C40H45NO7. The molecule has 8 heteroatoms. The van der Waals surface area contributed by atoms with Gasteiger partial charge >= 0.3 is 0 Å². The molecule has 0 bridgehead atoms. The van der Waals surface area contributed by atoms with Crippen LogP contribution in [0, 0.1) is 11.8 Å². The van der Waals surface area contributed by atoms with Crippen molar-refractivity contribution in [3.8, 4) is 23.0 Å². The first kappa shape index (κ1) is 34.5. The highest BCUT2D eigenvalue weighted by Gasteiger charge is 2.29. The molecule has 1 aromatic heterocycles. The predicted octanol–water partition coefficient (Wildman–Crippen LogP) is 6.34. The minimum absolute atomic E-state index is 0.0267. The van der Waals surface area contributed by atoms with E-state index in [9.17, 15) is 25.2 Å². The van der Waals surface area contributed by atoms with Crippen LogP contribution in [0.3, 0.4) is 0 Å². The molecule has 0 fully saturated rings. The number of ether oxygens (including phenoxy) is 2. The molecule has 0 unspecified atom stereocenters. The number of hydrogen-bond donors (Lipinski definition) is 5. The van der Waals surface area contributed by atoms with Crippen molar-refractivity contribution >= 4 is 16.6 Å². The molecule has 0 amide bonds. The number of Topliss-reactive ketones (excluding diaryl/α,β-unsaturated/α-hetero) is 1. The molecule has 5 rings (SSSR count). The number of H-pyrrole nitrogens is 1. The van der Waals surface area contributed by atoms with E-state index in [2.05, 4.69) is 29.2 Å². The second-order valence-corrected chi connectivity index (χ2v) is 12.5. The number of phenols is 2. The van der Waals surface area contributed by atoms with E-state index in [1.54, 1.807) is 30.3 Å². The van der Waals surface area contributed by atoms with E-state index in [4.69, 9.17) is 9.47 Å². The Labute approximate surface area is 281 Å². The lowest BCUT2D eigenvalue weighted by atomic mass is 9.81. The van der Waals surface area contributed by atoms with Gasteiger partial charge in [-0.25, -0.2) is 0 Å². The zero-order chi connectivity index (χ0) is 34.0. The third kappa shape index (κ3) is 8.56. The number of rotatable bonds is 17. The Hall–Kier alpha value is -4.79. The molecule has 0 aliphatic rings. The SMILES string of the molecule is COc1cc(C[C@H](Cc2ccc3ccccc3c2CCCO)C(=O)C[C@@H](O)[C@@H](Cc2cc[nH]c2)Cc2ccc(O)c(OC)c2)ccc1O. The summed E-state index contributed by atoms with van der Waals surface area (Å²) in [6, 6.07) is 24.6. The number of aromatic hydroxyl groups is 2. The molecular weight excluding hydrogens is 606 g/mol. The van der Waals surface area contributed by atoms with Crippen LogP contribution in [0.15, 0.2) is 91.3 Å². The van der Waals surface area contributed by atoms with Gasteiger partial charge in [-0.15, -0.1) is 0 Å². The highest BCUT2D eigenvalue weighted by Crippen LogP contribution is 2.33. The number of aromatic amines is 1. The molecule has 4 aromatic carbocycles. The standard InChI is InChI=1S/C40H45NO7/c1-47-39-21-26(9-13-35(39)43)18-31(20-28-15-16-41-25-28)37(45)24-38(46)32(19-27-10-14-36(44)40(22-27)48-2)23-30-12-11-29-6-3-4-7-33(29)34(30)8-5-17-42/h3-4,6-7,9-16,21-22,25,31-32,37,41-45H,5,8,17-20,23-24H2,1-2H3/t31-,32-,37-/m1/s1. The van der Waals surface area contributed by atoms with Crippen molar-refractivity contribution < 1.29 is 34.7 Å². The van der Waals surface area contributed by atoms with Crippen molar-refractivity contribution in [1.82, 2.24) is 4.98 Å². The largest absolute Gasteiger partial charge is 0.504 e. The Morgan fingerprint density at radius 3 is 2.10 bits per heavy atom. The van der Waals surface area contributed by atoms with Gasteiger partial charge in [0.15, 0.2) is 23.0 Å². The van der Waals surface area contributed by atoms with Crippen LogP contribution in [0.5, 0.6) is 23.0 Å². The number of fused-ring (bicyclic) bond motifs is 1. The van der Waals surface area contributed by atoms with Crippen molar-refractivity contribution in [2.75, 3.05) is 20.8 Å². The Balaban J connectivity index is 1.45. The van der Waals surface area contributed by atoms with Crippen LogP contribution < -0.4 is 9.47 Å². The minimum atomic E-state index is -0.936. The van der Waals surface area contributed by atoms with E-state index in [1.807, 2.05) is 36.7 Å². The van der Waals surface area contributed by atoms with Crippen molar-refractivity contribution in [2.24, 2.45) is 11.8 Å². The molecule has 0 aliphatic carbocycles. The molecule has 5 N–H and O–H groups in total. The third-order valence-electron chi connectivity index (χ3n) is 9.23. The van der Waals surface area contributed by atoms with E-state index in [0.717, 1.165) is 38.6 Å². The third-order valence-corrected chi connectivity index (χ3v) is 9.23. The monoisotopic (exact) mass is 651 g/mol. The molecule has 0 saturated heterocycles. The number of aromatic nitrogens is 1. The second kappa shape index (κ2) is 16.4. The predicted molar refractivity (Wildman–Crippen MR) is 187 cm³/mol. The molecule has 0 aliphatic heterocycles. The van der Waals surface area contributed by atoms with Gasteiger partial charge in [-0.1, -0.05) is 48.5 Å². The average molecular weight is 652 g/mol. The van der Waals surface area contributed by atoms with Gasteiger partial charge in [-0.2, -0.15) is 0 Å². The summed E-state index contributed by atoms with van der Waals surface area (Å²) in [6.07, 6.45) is 5.93.